The van der Waals surface area contributed by atoms with Crippen LogP contribution in [-0.2, 0) is 17.9 Å². The Kier molecular flexibility index (Phi) is 9.02. The van der Waals surface area contributed by atoms with Gasteiger partial charge in [0.2, 0.25) is 0 Å². The lowest BCUT2D eigenvalue weighted by atomic mass is 10.1. The molecule has 4 rings (SSSR count). The number of hydrogen-bond acceptors (Lipinski definition) is 3. The van der Waals surface area contributed by atoms with Crippen LogP contribution < -0.4 is 9.22 Å². The molecule has 0 unspecified atom stereocenters. The van der Waals surface area contributed by atoms with Gasteiger partial charge in [-0.05, 0) is 66.9 Å². The van der Waals surface area contributed by atoms with Gasteiger partial charge in [0.25, 0.3) is 0 Å². The molecule has 5 heteroatoms. The van der Waals surface area contributed by atoms with Gasteiger partial charge in [-0.15, -0.1) is 0 Å². The molecule has 194 valence electrons. The second-order valence-corrected chi connectivity index (χ2v) is 10.5. The fraction of sp³-hybridized carbons (Fsp3) is 0.344. The first-order chi connectivity index (χ1) is 17.9. The molecule has 0 saturated heterocycles. The zero-order valence-electron chi connectivity index (χ0n) is 22.4. The SMILES string of the molecule is C[N+](C)(C)c1ccc(C(=O)OCCCCCCCn2ccc3cc(OCc4ccccc4)ccc32)cc1. The third kappa shape index (κ3) is 7.70. The summed E-state index contributed by atoms with van der Waals surface area (Å²) in [5, 5.41) is 1.21. The van der Waals surface area contributed by atoms with Gasteiger partial charge in [-0.25, -0.2) is 4.79 Å². The number of benzene rings is 3. The predicted octanol–water partition coefficient (Wildman–Crippen LogP) is 7.22. The smallest absolute Gasteiger partial charge is 0.338 e. The normalized spacial score (nSPS) is 11.5. The van der Waals surface area contributed by atoms with E-state index >= 15 is 0 Å². The Balaban J connectivity index is 1.11. The Morgan fingerprint density at radius 3 is 2.30 bits per heavy atom. The Morgan fingerprint density at radius 1 is 0.811 bits per heavy atom. The molecule has 1 aromatic heterocycles. The van der Waals surface area contributed by atoms with Crippen LogP contribution in [0.2, 0.25) is 0 Å². The topological polar surface area (TPSA) is 40.5 Å². The first-order valence-electron chi connectivity index (χ1n) is 13.2. The van der Waals surface area contributed by atoms with Crippen molar-refractivity contribution in [1.29, 1.82) is 0 Å². The van der Waals surface area contributed by atoms with Crippen LogP contribution in [0.25, 0.3) is 10.9 Å². The molecule has 0 atom stereocenters. The summed E-state index contributed by atoms with van der Waals surface area (Å²) in [4.78, 5) is 12.3. The number of carbonyl (C=O) groups is 1. The predicted molar refractivity (Wildman–Crippen MR) is 152 cm³/mol. The molecule has 0 bridgehead atoms. The van der Waals surface area contributed by atoms with Crippen molar-refractivity contribution >= 4 is 22.6 Å². The van der Waals surface area contributed by atoms with E-state index in [4.69, 9.17) is 9.47 Å². The summed E-state index contributed by atoms with van der Waals surface area (Å²) in [5.74, 6) is 0.664. The lowest BCUT2D eigenvalue weighted by molar-refractivity contribution is 0.0497. The van der Waals surface area contributed by atoms with Gasteiger partial charge in [0, 0.05) is 23.6 Å². The third-order valence-electron chi connectivity index (χ3n) is 6.64. The van der Waals surface area contributed by atoms with E-state index in [0.717, 1.165) is 48.1 Å². The number of esters is 1. The molecule has 37 heavy (non-hydrogen) atoms. The minimum Gasteiger partial charge on any atom is -0.489 e. The molecule has 0 aliphatic rings. The van der Waals surface area contributed by atoms with Gasteiger partial charge >= 0.3 is 5.97 Å². The van der Waals surface area contributed by atoms with Gasteiger partial charge in [0.15, 0.2) is 0 Å². The number of nitrogens with zero attached hydrogens (tertiary/aromatic N) is 2. The zero-order valence-corrected chi connectivity index (χ0v) is 22.4. The van der Waals surface area contributed by atoms with Crippen molar-refractivity contribution < 1.29 is 14.3 Å². The van der Waals surface area contributed by atoms with Crippen LogP contribution in [-0.4, -0.2) is 38.3 Å². The summed E-state index contributed by atoms with van der Waals surface area (Å²) in [6, 6.07) is 26.4. The van der Waals surface area contributed by atoms with E-state index in [-0.39, 0.29) is 5.97 Å². The minimum atomic E-state index is -0.235. The average Bonchev–Trinajstić information content (AvgIpc) is 3.31. The van der Waals surface area contributed by atoms with Crippen LogP contribution in [0.4, 0.5) is 5.69 Å². The Hall–Kier alpha value is -3.57. The molecule has 0 fully saturated rings. The number of ether oxygens (including phenoxy) is 2. The first-order valence-corrected chi connectivity index (χ1v) is 13.2. The van der Waals surface area contributed by atoms with E-state index in [2.05, 4.69) is 68.3 Å². The highest BCUT2D eigenvalue weighted by atomic mass is 16.5. The van der Waals surface area contributed by atoms with Gasteiger partial charge in [0.05, 0.1) is 33.3 Å². The van der Waals surface area contributed by atoms with Gasteiger partial charge < -0.3 is 14.0 Å². The Morgan fingerprint density at radius 2 is 1.54 bits per heavy atom. The molecule has 0 N–H and O–H groups in total. The van der Waals surface area contributed by atoms with Crippen LogP contribution in [0.15, 0.2) is 85.1 Å². The molecule has 0 aliphatic heterocycles. The molecule has 0 radical (unpaired) electrons. The molecule has 0 saturated carbocycles. The summed E-state index contributed by atoms with van der Waals surface area (Å²) < 4.78 is 14.5. The number of aromatic nitrogens is 1. The van der Waals surface area contributed by atoms with Crippen LogP contribution >= 0.6 is 0 Å². The van der Waals surface area contributed by atoms with E-state index in [1.807, 2.05) is 42.5 Å². The number of carbonyl (C=O) groups excluding carboxylic acids is 1. The number of hydrogen-bond donors (Lipinski definition) is 0. The summed E-state index contributed by atoms with van der Waals surface area (Å²) in [6.07, 6.45) is 7.58. The summed E-state index contributed by atoms with van der Waals surface area (Å²) in [5.41, 5.74) is 4.19. The van der Waals surface area contributed by atoms with Gasteiger partial charge in [-0.1, -0.05) is 49.6 Å². The maximum atomic E-state index is 12.3. The lowest BCUT2D eigenvalue weighted by Crippen LogP contribution is -2.34. The quantitative estimate of drug-likeness (QED) is 0.111. The maximum Gasteiger partial charge on any atom is 0.338 e. The van der Waals surface area contributed by atoms with Crippen LogP contribution in [0, 0.1) is 0 Å². The molecule has 0 aliphatic carbocycles. The Bertz CT molecular complexity index is 1270. The number of quaternary nitrogens is 1. The van der Waals surface area contributed by atoms with Gasteiger partial charge in [0.1, 0.15) is 18.0 Å². The number of aryl methyl sites for hydroxylation is 1. The molecule has 4 aromatic rings. The van der Waals surface area contributed by atoms with Gasteiger partial charge in [-0.2, -0.15) is 0 Å². The van der Waals surface area contributed by atoms with E-state index in [0.29, 0.717) is 18.8 Å². The number of fused-ring (bicyclic) bond motifs is 1. The lowest BCUT2D eigenvalue weighted by Gasteiger charge is -2.23. The van der Waals surface area contributed by atoms with E-state index in [1.165, 1.54) is 22.9 Å². The van der Waals surface area contributed by atoms with E-state index in [1.54, 1.807) is 0 Å². The summed E-state index contributed by atoms with van der Waals surface area (Å²) in [7, 11) is 6.31. The highest BCUT2D eigenvalue weighted by Gasteiger charge is 2.13. The summed E-state index contributed by atoms with van der Waals surface area (Å²) >= 11 is 0. The van der Waals surface area contributed by atoms with Crippen LogP contribution in [0.3, 0.4) is 0 Å². The monoisotopic (exact) mass is 499 g/mol. The highest BCUT2D eigenvalue weighted by Crippen LogP contribution is 2.23. The minimum absolute atomic E-state index is 0.235. The second kappa shape index (κ2) is 12.6. The van der Waals surface area contributed by atoms with Crippen molar-refractivity contribution in [2.75, 3.05) is 27.7 Å². The highest BCUT2D eigenvalue weighted by molar-refractivity contribution is 5.89. The molecular weight excluding hydrogens is 460 g/mol. The molecular formula is C32H39N2O3+. The molecule has 3 aromatic carbocycles. The molecule has 0 amide bonds. The van der Waals surface area contributed by atoms with E-state index in [9.17, 15) is 4.79 Å². The third-order valence-corrected chi connectivity index (χ3v) is 6.64. The Labute approximate surface area is 220 Å². The number of unbranched alkanes of at least 4 members (excludes halogenated alkanes) is 4. The number of rotatable bonds is 13. The van der Waals surface area contributed by atoms with Gasteiger partial charge in [-0.3, -0.25) is 4.48 Å². The zero-order chi connectivity index (χ0) is 26.1. The standard InChI is InChI=1S/C32H39N2O3/c1-34(2,3)29-16-14-27(15-17-29)32(35)36-23-11-6-4-5-10-21-33-22-20-28-24-30(18-19-31(28)33)37-25-26-12-8-7-9-13-26/h7-9,12-20,22,24H,4-6,10-11,21,23,25H2,1-3H3/q+1. The fourth-order valence-corrected chi connectivity index (χ4v) is 4.41. The maximum absolute atomic E-state index is 12.3. The van der Waals surface area contributed by atoms with Crippen LogP contribution in [0.1, 0.15) is 48.0 Å². The van der Waals surface area contributed by atoms with E-state index < -0.39 is 0 Å². The van der Waals surface area contributed by atoms with Crippen molar-refractivity contribution in [3.05, 3.63) is 96.2 Å². The van der Waals surface area contributed by atoms with Crippen molar-refractivity contribution in [1.82, 2.24) is 9.05 Å². The molecule has 0 spiro atoms. The fourth-order valence-electron chi connectivity index (χ4n) is 4.41. The largest absolute Gasteiger partial charge is 0.489 e. The first kappa shape index (κ1) is 26.5. The molecule has 1 heterocycles. The average molecular weight is 500 g/mol. The molecule has 5 nitrogen and oxygen atoms in total. The van der Waals surface area contributed by atoms with Crippen molar-refractivity contribution in [3.63, 3.8) is 0 Å². The van der Waals surface area contributed by atoms with Crippen molar-refractivity contribution in [2.24, 2.45) is 0 Å². The van der Waals surface area contributed by atoms with Crippen molar-refractivity contribution in [3.8, 4) is 5.75 Å². The summed E-state index contributed by atoms with van der Waals surface area (Å²) in [6.45, 7) is 2.06. The van der Waals surface area contributed by atoms with Crippen molar-refractivity contribution in [2.45, 2.75) is 45.3 Å². The second-order valence-electron chi connectivity index (χ2n) is 10.5. The van der Waals surface area contributed by atoms with Crippen LogP contribution in [0.5, 0.6) is 5.75 Å².